The second-order valence-electron chi connectivity index (χ2n) is 6.44. The zero-order chi connectivity index (χ0) is 19.8. The average Bonchev–Trinajstić information content (AvgIpc) is 2.96. The minimum absolute atomic E-state index is 0.270. The van der Waals surface area contributed by atoms with E-state index in [0.29, 0.717) is 33.1 Å². The largest absolute Gasteiger partial charge is 0.293 e. The summed E-state index contributed by atoms with van der Waals surface area (Å²) < 4.78 is 21.8. The van der Waals surface area contributed by atoms with E-state index in [9.17, 15) is 9.00 Å². The number of nitriles is 1. The molecule has 8 heteroatoms. The van der Waals surface area contributed by atoms with Crippen LogP contribution in [0.4, 0.5) is 0 Å². The first-order valence-electron chi connectivity index (χ1n) is 8.32. The fraction of sp³-hybridized carbons (Fsp3) is 0.211. The van der Waals surface area contributed by atoms with E-state index in [1.807, 2.05) is 0 Å². The van der Waals surface area contributed by atoms with Gasteiger partial charge in [0.15, 0.2) is 5.82 Å². The summed E-state index contributed by atoms with van der Waals surface area (Å²) in [7, 11) is -2.92. The van der Waals surface area contributed by atoms with Crippen molar-refractivity contribution in [2.24, 2.45) is 0 Å². The van der Waals surface area contributed by atoms with Crippen LogP contribution in [0, 0.1) is 23.0 Å². The second-order valence-corrected chi connectivity index (χ2v) is 9.06. The van der Waals surface area contributed by atoms with E-state index < -0.39 is 9.73 Å². The number of aromatic amines is 1. The third kappa shape index (κ3) is 3.29. The maximum Gasteiger partial charge on any atom is 0.280 e. The van der Waals surface area contributed by atoms with E-state index in [1.165, 1.54) is 10.9 Å². The lowest BCUT2D eigenvalue weighted by Gasteiger charge is -2.11. The van der Waals surface area contributed by atoms with E-state index in [0.717, 1.165) is 0 Å². The number of nitrogens with zero attached hydrogens (tertiary/aromatic N) is 3. The Hall–Kier alpha value is -3.18. The summed E-state index contributed by atoms with van der Waals surface area (Å²) in [4.78, 5) is 17.4. The normalized spacial score (nSPS) is 13.3. The van der Waals surface area contributed by atoms with Crippen LogP contribution < -0.4 is 5.56 Å². The zero-order valence-corrected chi connectivity index (χ0v) is 16.0. The number of H-pyrrole nitrogens is 1. The van der Waals surface area contributed by atoms with Gasteiger partial charge in [0.25, 0.3) is 5.56 Å². The SMILES string of the molecule is Cc1[nH]n(-c2ccc([S@@](=N)(=O)C(C)C)cn2)c(=O)c1-c1ccc(C#N)cc1. The Morgan fingerprint density at radius 1 is 1.22 bits per heavy atom. The van der Waals surface area contributed by atoms with Gasteiger partial charge in [0.1, 0.15) is 0 Å². The van der Waals surface area contributed by atoms with E-state index in [1.54, 1.807) is 57.2 Å². The molecule has 0 saturated heterocycles. The standard InChI is InChI=1S/C19H19N5O2S/c1-12(2)27(21,26)16-8-9-17(22-11-16)24-19(25)18(13(3)23-24)15-6-4-14(10-20)5-7-15/h4-9,11-12,21,23H,1-3H3/t27-/m0/s1. The van der Waals surface area contributed by atoms with Crippen molar-refractivity contribution >= 4 is 9.73 Å². The van der Waals surface area contributed by atoms with Crippen LogP contribution in [-0.2, 0) is 9.73 Å². The summed E-state index contributed by atoms with van der Waals surface area (Å²) >= 11 is 0. The van der Waals surface area contributed by atoms with Gasteiger partial charge >= 0.3 is 0 Å². The molecule has 1 atom stereocenters. The first kappa shape index (κ1) is 18.6. The molecule has 0 spiro atoms. The fourth-order valence-electron chi connectivity index (χ4n) is 2.72. The first-order chi connectivity index (χ1) is 12.8. The summed E-state index contributed by atoms with van der Waals surface area (Å²) in [5.74, 6) is 0.353. The molecule has 0 aliphatic carbocycles. The molecule has 7 nitrogen and oxygen atoms in total. The first-order valence-corrected chi connectivity index (χ1v) is 9.94. The lowest BCUT2D eigenvalue weighted by molar-refractivity contribution is 0.666. The van der Waals surface area contributed by atoms with E-state index in [-0.39, 0.29) is 10.8 Å². The van der Waals surface area contributed by atoms with Gasteiger partial charge in [-0.05, 0) is 50.6 Å². The molecule has 1 aromatic carbocycles. The Morgan fingerprint density at radius 3 is 2.41 bits per heavy atom. The molecule has 2 aromatic heterocycles. The van der Waals surface area contributed by atoms with E-state index in [4.69, 9.17) is 10.0 Å². The maximum atomic E-state index is 12.9. The lowest BCUT2D eigenvalue weighted by atomic mass is 10.1. The van der Waals surface area contributed by atoms with Crippen LogP contribution in [0.1, 0.15) is 25.1 Å². The highest BCUT2D eigenvalue weighted by molar-refractivity contribution is 7.93. The van der Waals surface area contributed by atoms with Crippen LogP contribution in [-0.4, -0.2) is 24.2 Å². The Bertz CT molecular complexity index is 1180. The van der Waals surface area contributed by atoms with Crippen molar-refractivity contribution < 1.29 is 4.21 Å². The molecule has 3 aromatic rings. The minimum atomic E-state index is -2.92. The van der Waals surface area contributed by atoms with Gasteiger partial charge in [-0.25, -0.2) is 18.7 Å². The molecule has 0 bridgehead atoms. The van der Waals surface area contributed by atoms with Crippen LogP contribution in [0.3, 0.4) is 0 Å². The van der Waals surface area contributed by atoms with Crippen molar-refractivity contribution in [2.75, 3.05) is 0 Å². The molecule has 27 heavy (non-hydrogen) atoms. The van der Waals surface area contributed by atoms with Gasteiger partial charge in [0.2, 0.25) is 0 Å². The second kappa shape index (κ2) is 6.85. The summed E-state index contributed by atoms with van der Waals surface area (Å²) in [6.45, 7) is 5.24. The molecular weight excluding hydrogens is 362 g/mol. The lowest BCUT2D eigenvalue weighted by Crippen LogP contribution is -2.18. The molecular formula is C19H19N5O2S. The summed E-state index contributed by atoms with van der Waals surface area (Å²) in [5.41, 5.74) is 2.12. The monoisotopic (exact) mass is 381 g/mol. The van der Waals surface area contributed by atoms with Gasteiger partial charge in [-0.3, -0.25) is 9.89 Å². The smallest absolute Gasteiger partial charge is 0.280 e. The summed E-state index contributed by atoms with van der Waals surface area (Å²) in [5, 5.41) is 11.6. The van der Waals surface area contributed by atoms with Crippen molar-refractivity contribution in [2.45, 2.75) is 30.9 Å². The number of benzene rings is 1. The zero-order valence-electron chi connectivity index (χ0n) is 15.2. The van der Waals surface area contributed by atoms with E-state index >= 15 is 0 Å². The van der Waals surface area contributed by atoms with Crippen molar-refractivity contribution in [1.29, 1.82) is 10.0 Å². The average molecular weight is 381 g/mol. The highest BCUT2D eigenvalue weighted by Crippen LogP contribution is 2.21. The molecule has 0 radical (unpaired) electrons. The molecule has 0 unspecified atom stereocenters. The minimum Gasteiger partial charge on any atom is -0.293 e. The predicted molar refractivity (Wildman–Crippen MR) is 103 cm³/mol. The third-order valence-electron chi connectivity index (χ3n) is 4.34. The number of rotatable bonds is 4. The molecule has 0 saturated carbocycles. The van der Waals surface area contributed by atoms with Crippen molar-refractivity contribution in [3.8, 4) is 23.0 Å². The quantitative estimate of drug-likeness (QED) is 0.722. The third-order valence-corrected chi connectivity index (χ3v) is 6.61. The number of nitrogens with one attached hydrogen (secondary N) is 2. The predicted octanol–water partition coefficient (Wildman–Crippen LogP) is 3.22. The van der Waals surface area contributed by atoms with Crippen LogP contribution >= 0.6 is 0 Å². The number of aromatic nitrogens is 3. The number of hydrogen-bond acceptors (Lipinski definition) is 5. The molecule has 3 rings (SSSR count). The van der Waals surface area contributed by atoms with Crippen LogP contribution in [0.25, 0.3) is 16.9 Å². The van der Waals surface area contributed by atoms with Gasteiger partial charge in [-0.15, -0.1) is 0 Å². The molecule has 0 amide bonds. The molecule has 0 aliphatic heterocycles. The number of aryl methyl sites for hydroxylation is 1. The van der Waals surface area contributed by atoms with E-state index in [2.05, 4.69) is 16.2 Å². The van der Waals surface area contributed by atoms with Gasteiger partial charge < -0.3 is 0 Å². The highest BCUT2D eigenvalue weighted by atomic mass is 32.2. The Morgan fingerprint density at radius 2 is 1.89 bits per heavy atom. The Balaban J connectivity index is 2.04. The maximum absolute atomic E-state index is 12.9. The van der Waals surface area contributed by atoms with Gasteiger partial charge in [0.05, 0.1) is 31.8 Å². The van der Waals surface area contributed by atoms with Gasteiger partial charge in [-0.2, -0.15) is 5.26 Å². The van der Waals surface area contributed by atoms with Crippen LogP contribution in [0.5, 0.6) is 0 Å². The van der Waals surface area contributed by atoms with Gasteiger partial charge in [-0.1, -0.05) is 12.1 Å². The Kier molecular flexibility index (Phi) is 4.72. The fourth-order valence-corrected chi connectivity index (χ4v) is 3.74. The van der Waals surface area contributed by atoms with Crippen LogP contribution in [0.15, 0.2) is 52.3 Å². The molecule has 138 valence electrons. The molecule has 0 aliphatic rings. The Labute approximate surface area is 157 Å². The summed E-state index contributed by atoms with van der Waals surface area (Å²) in [6.07, 6.45) is 1.38. The number of pyridine rings is 1. The van der Waals surface area contributed by atoms with Crippen molar-refractivity contribution in [1.82, 2.24) is 14.8 Å². The van der Waals surface area contributed by atoms with Crippen molar-refractivity contribution in [3.63, 3.8) is 0 Å². The molecule has 2 heterocycles. The topological polar surface area (TPSA) is 115 Å². The van der Waals surface area contributed by atoms with Crippen molar-refractivity contribution in [3.05, 3.63) is 64.2 Å². The number of hydrogen-bond donors (Lipinski definition) is 2. The molecule has 2 N–H and O–H groups in total. The molecule has 0 fully saturated rings. The summed E-state index contributed by atoms with van der Waals surface area (Å²) in [6, 6.07) is 12.0. The van der Waals surface area contributed by atoms with Gasteiger partial charge in [0, 0.05) is 17.1 Å². The highest BCUT2D eigenvalue weighted by Gasteiger charge is 2.18. The van der Waals surface area contributed by atoms with Crippen LogP contribution in [0.2, 0.25) is 0 Å².